The number of amides is 2. The molecule has 3 N–H and O–H groups in total. The number of aliphatic carboxylic acids is 1. The first-order chi connectivity index (χ1) is 14.4. The van der Waals surface area contributed by atoms with Gasteiger partial charge in [0.05, 0.1) is 0 Å². The van der Waals surface area contributed by atoms with Crippen molar-refractivity contribution in [2.45, 2.75) is 43.7 Å². The van der Waals surface area contributed by atoms with Crippen LogP contribution in [0.4, 0.5) is 4.79 Å². The molecule has 1 fully saturated rings. The van der Waals surface area contributed by atoms with Gasteiger partial charge in [0.2, 0.25) is 5.91 Å². The predicted octanol–water partition coefficient (Wildman–Crippen LogP) is 3.04. The zero-order valence-electron chi connectivity index (χ0n) is 16.7. The lowest BCUT2D eigenvalue weighted by atomic mass is 9.76. The Bertz CT molecular complexity index is 953. The van der Waals surface area contributed by atoms with Crippen LogP contribution in [0.2, 0.25) is 0 Å². The molecule has 2 aromatic rings. The molecular formula is C23H24N2O5. The van der Waals surface area contributed by atoms with E-state index in [1.54, 1.807) is 0 Å². The first-order valence-corrected chi connectivity index (χ1v) is 10.1. The highest BCUT2D eigenvalue weighted by Gasteiger charge is 2.46. The summed E-state index contributed by atoms with van der Waals surface area (Å²) in [5, 5.41) is 14.4. The Kier molecular flexibility index (Phi) is 5.20. The second-order valence-electron chi connectivity index (χ2n) is 7.92. The van der Waals surface area contributed by atoms with Crippen molar-refractivity contribution in [2.75, 3.05) is 6.61 Å². The summed E-state index contributed by atoms with van der Waals surface area (Å²) >= 11 is 0. The molecule has 4 rings (SSSR count). The van der Waals surface area contributed by atoms with Gasteiger partial charge in [0, 0.05) is 5.92 Å². The van der Waals surface area contributed by atoms with E-state index in [9.17, 15) is 19.5 Å². The van der Waals surface area contributed by atoms with E-state index in [-0.39, 0.29) is 12.5 Å². The first-order valence-electron chi connectivity index (χ1n) is 10.1. The van der Waals surface area contributed by atoms with E-state index < -0.39 is 29.6 Å². The normalized spacial score (nSPS) is 17.1. The lowest BCUT2D eigenvalue weighted by Crippen LogP contribution is -2.62. The van der Waals surface area contributed by atoms with Crippen LogP contribution in [0.25, 0.3) is 11.1 Å². The van der Waals surface area contributed by atoms with Gasteiger partial charge in [-0.2, -0.15) is 0 Å². The fourth-order valence-electron chi connectivity index (χ4n) is 4.15. The molecule has 0 radical (unpaired) electrons. The molecule has 0 aliphatic heterocycles. The van der Waals surface area contributed by atoms with Crippen LogP contribution < -0.4 is 10.6 Å². The zero-order valence-corrected chi connectivity index (χ0v) is 16.7. The standard InChI is InChI=1S/C23H24N2O5/c1-14(20(26)25-23(21(27)28)11-6-12-23)24-22(29)30-13-19-17-9-4-2-7-15(17)16-8-3-5-10-18(16)19/h2-5,7-10,14,19H,6,11-13H2,1H3,(H,24,29)(H,25,26)(H,27,28)/t14-/m0/s1. The second-order valence-corrected chi connectivity index (χ2v) is 7.92. The maximum atomic E-state index is 12.3. The summed E-state index contributed by atoms with van der Waals surface area (Å²) in [4.78, 5) is 36.0. The Morgan fingerprint density at radius 3 is 2.13 bits per heavy atom. The maximum absolute atomic E-state index is 12.3. The monoisotopic (exact) mass is 408 g/mol. The Morgan fingerprint density at radius 2 is 1.63 bits per heavy atom. The molecule has 0 saturated heterocycles. The maximum Gasteiger partial charge on any atom is 0.407 e. The number of nitrogens with one attached hydrogen (secondary N) is 2. The van der Waals surface area contributed by atoms with Crippen molar-refractivity contribution in [3.05, 3.63) is 59.7 Å². The van der Waals surface area contributed by atoms with Crippen molar-refractivity contribution in [1.29, 1.82) is 0 Å². The molecule has 0 heterocycles. The summed E-state index contributed by atoms with van der Waals surface area (Å²) in [5.74, 6) is -1.65. The van der Waals surface area contributed by atoms with Crippen molar-refractivity contribution < 1.29 is 24.2 Å². The third-order valence-electron chi connectivity index (χ3n) is 6.05. The SMILES string of the molecule is C[C@H](NC(=O)OCC1c2ccccc2-c2ccccc21)C(=O)NC1(C(=O)O)CCC1. The van der Waals surface area contributed by atoms with Gasteiger partial charge in [-0.3, -0.25) is 4.79 Å². The van der Waals surface area contributed by atoms with Crippen LogP contribution in [0.3, 0.4) is 0 Å². The molecule has 2 amide bonds. The van der Waals surface area contributed by atoms with Gasteiger partial charge in [0.15, 0.2) is 0 Å². The van der Waals surface area contributed by atoms with Gasteiger partial charge in [-0.25, -0.2) is 9.59 Å². The molecule has 30 heavy (non-hydrogen) atoms. The zero-order chi connectivity index (χ0) is 21.3. The van der Waals surface area contributed by atoms with E-state index in [1.165, 1.54) is 6.92 Å². The summed E-state index contributed by atoms with van der Waals surface area (Å²) < 4.78 is 5.43. The Balaban J connectivity index is 1.36. The minimum absolute atomic E-state index is 0.0717. The lowest BCUT2D eigenvalue weighted by molar-refractivity contribution is -0.152. The molecular weight excluding hydrogens is 384 g/mol. The number of alkyl carbamates (subject to hydrolysis) is 1. The average Bonchev–Trinajstić information content (AvgIpc) is 3.02. The number of carbonyl (C=O) groups excluding carboxylic acids is 2. The van der Waals surface area contributed by atoms with Crippen LogP contribution in [0, 0.1) is 0 Å². The molecule has 7 nitrogen and oxygen atoms in total. The number of carboxylic acid groups (broad SMARTS) is 1. The molecule has 2 aliphatic carbocycles. The molecule has 2 aliphatic rings. The van der Waals surface area contributed by atoms with Crippen molar-refractivity contribution in [3.63, 3.8) is 0 Å². The van der Waals surface area contributed by atoms with E-state index in [2.05, 4.69) is 22.8 Å². The van der Waals surface area contributed by atoms with Gasteiger partial charge < -0.3 is 20.5 Å². The van der Waals surface area contributed by atoms with Crippen LogP contribution >= 0.6 is 0 Å². The molecule has 0 bridgehead atoms. The van der Waals surface area contributed by atoms with Crippen LogP contribution in [-0.4, -0.2) is 41.3 Å². The largest absolute Gasteiger partial charge is 0.480 e. The van der Waals surface area contributed by atoms with Crippen molar-refractivity contribution in [1.82, 2.24) is 10.6 Å². The third kappa shape index (κ3) is 3.51. The highest BCUT2D eigenvalue weighted by Crippen LogP contribution is 2.44. The minimum atomic E-state index is -1.21. The number of carboxylic acids is 1. The second kappa shape index (κ2) is 7.82. The van der Waals surface area contributed by atoms with Gasteiger partial charge in [-0.05, 0) is 48.4 Å². The number of rotatable bonds is 6. The summed E-state index contributed by atoms with van der Waals surface area (Å²) in [5.41, 5.74) is 3.26. The number of ether oxygens (including phenoxy) is 1. The van der Waals surface area contributed by atoms with Gasteiger partial charge in [0.25, 0.3) is 0 Å². The Morgan fingerprint density at radius 1 is 1.07 bits per heavy atom. The molecule has 1 atom stereocenters. The lowest BCUT2D eigenvalue weighted by Gasteiger charge is -2.38. The number of hydrogen-bond donors (Lipinski definition) is 3. The highest BCUT2D eigenvalue weighted by molar-refractivity contribution is 5.91. The van der Waals surface area contributed by atoms with E-state index in [1.807, 2.05) is 36.4 Å². The quantitative estimate of drug-likeness (QED) is 0.681. The van der Waals surface area contributed by atoms with Gasteiger partial charge >= 0.3 is 12.1 Å². The first kappa shape index (κ1) is 19.9. The van der Waals surface area contributed by atoms with Crippen LogP contribution in [0.15, 0.2) is 48.5 Å². The Hall–Kier alpha value is -3.35. The van der Waals surface area contributed by atoms with E-state index in [4.69, 9.17) is 4.74 Å². The van der Waals surface area contributed by atoms with Crippen molar-refractivity contribution in [2.24, 2.45) is 0 Å². The third-order valence-corrected chi connectivity index (χ3v) is 6.05. The van der Waals surface area contributed by atoms with Gasteiger partial charge in [0.1, 0.15) is 18.2 Å². The predicted molar refractivity (Wildman–Crippen MR) is 110 cm³/mol. The van der Waals surface area contributed by atoms with Crippen LogP contribution in [-0.2, 0) is 14.3 Å². The van der Waals surface area contributed by atoms with Gasteiger partial charge in [-0.15, -0.1) is 0 Å². The van der Waals surface area contributed by atoms with E-state index >= 15 is 0 Å². The Labute approximate surface area is 174 Å². The molecule has 7 heteroatoms. The van der Waals surface area contributed by atoms with E-state index in [0.717, 1.165) is 28.7 Å². The molecule has 0 aromatic heterocycles. The summed E-state index contributed by atoms with van der Waals surface area (Å²) in [6.07, 6.45) is 0.829. The van der Waals surface area contributed by atoms with Gasteiger partial charge in [-0.1, -0.05) is 48.5 Å². The fourth-order valence-corrected chi connectivity index (χ4v) is 4.15. The fraction of sp³-hybridized carbons (Fsp3) is 0.348. The number of hydrogen-bond acceptors (Lipinski definition) is 4. The average molecular weight is 408 g/mol. The molecule has 1 saturated carbocycles. The number of fused-ring (bicyclic) bond motifs is 3. The molecule has 0 spiro atoms. The van der Waals surface area contributed by atoms with Crippen LogP contribution in [0.1, 0.15) is 43.2 Å². The topological polar surface area (TPSA) is 105 Å². The minimum Gasteiger partial charge on any atom is -0.480 e. The highest BCUT2D eigenvalue weighted by atomic mass is 16.5. The summed E-state index contributed by atoms with van der Waals surface area (Å²) in [7, 11) is 0. The summed E-state index contributed by atoms with van der Waals surface area (Å²) in [6, 6.07) is 15.2. The molecule has 156 valence electrons. The van der Waals surface area contributed by atoms with Crippen LogP contribution in [0.5, 0.6) is 0 Å². The molecule has 0 unspecified atom stereocenters. The summed E-state index contributed by atoms with van der Waals surface area (Å²) in [6.45, 7) is 1.65. The van der Waals surface area contributed by atoms with Crippen molar-refractivity contribution >= 4 is 18.0 Å². The van der Waals surface area contributed by atoms with Crippen molar-refractivity contribution in [3.8, 4) is 11.1 Å². The van der Waals surface area contributed by atoms with E-state index in [0.29, 0.717) is 12.8 Å². The smallest absolute Gasteiger partial charge is 0.407 e. The number of benzene rings is 2. The number of carbonyl (C=O) groups is 3. The molecule has 2 aromatic carbocycles.